The van der Waals surface area contributed by atoms with E-state index in [-0.39, 0.29) is 10.8 Å². The van der Waals surface area contributed by atoms with Crippen LogP contribution in [0.4, 0.5) is 4.79 Å². The molecule has 128 valence electrons. The van der Waals surface area contributed by atoms with Crippen LogP contribution in [-0.2, 0) is 10.0 Å². The van der Waals surface area contributed by atoms with Crippen LogP contribution in [0.3, 0.4) is 0 Å². The molecule has 0 saturated heterocycles. The fourth-order valence-electron chi connectivity index (χ4n) is 1.59. The summed E-state index contributed by atoms with van der Waals surface area (Å²) >= 11 is 0.892. The van der Waals surface area contributed by atoms with Gasteiger partial charge in [0.15, 0.2) is 0 Å². The van der Waals surface area contributed by atoms with E-state index in [1.807, 2.05) is 6.92 Å². The first-order chi connectivity index (χ1) is 10.8. The molecular formula is C14H21N3O4S2. The molecule has 2 amide bonds. The van der Waals surface area contributed by atoms with E-state index in [2.05, 4.69) is 10.6 Å². The third-order valence-electron chi connectivity index (χ3n) is 2.96. The zero-order valence-corrected chi connectivity index (χ0v) is 14.7. The molecule has 23 heavy (non-hydrogen) atoms. The van der Waals surface area contributed by atoms with Crippen molar-refractivity contribution in [3.05, 3.63) is 29.8 Å². The first-order valence-electron chi connectivity index (χ1n) is 7.13. The van der Waals surface area contributed by atoms with Crippen LogP contribution in [0.1, 0.15) is 37.0 Å². The topological polar surface area (TPSA) is 118 Å². The van der Waals surface area contributed by atoms with Crippen LogP contribution in [-0.4, -0.2) is 31.5 Å². The Kier molecular flexibility index (Phi) is 7.53. The zero-order chi connectivity index (χ0) is 17.5. The Morgan fingerprint density at radius 1 is 1.30 bits per heavy atom. The molecule has 0 heterocycles. The Balaban J connectivity index is 2.80. The van der Waals surface area contributed by atoms with Gasteiger partial charge in [0.05, 0.1) is 5.56 Å². The number of nitrogens with two attached hydrogens (primary N) is 1. The van der Waals surface area contributed by atoms with Gasteiger partial charge in [0.1, 0.15) is 5.37 Å². The summed E-state index contributed by atoms with van der Waals surface area (Å²) in [6.07, 6.45) is 1.84. The van der Waals surface area contributed by atoms with E-state index >= 15 is 0 Å². The van der Waals surface area contributed by atoms with Crippen LogP contribution in [0.5, 0.6) is 0 Å². The number of hydrogen-bond acceptors (Lipinski definition) is 5. The Morgan fingerprint density at radius 3 is 2.57 bits per heavy atom. The van der Waals surface area contributed by atoms with Crippen LogP contribution >= 0.6 is 11.8 Å². The molecule has 0 bridgehead atoms. The van der Waals surface area contributed by atoms with Gasteiger partial charge in [0.2, 0.25) is 10.0 Å². The van der Waals surface area contributed by atoms with Crippen molar-refractivity contribution in [2.75, 3.05) is 6.54 Å². The molecule has 0 aliphatic heterocycles. The lowest BCUT2D eigenvalue weighted by Crippen LogP contribution is -2.42. The summed E-state index contributed by atoms with van der Waals surface area (Å²) in [6.45, 7) is 3.87. The number of amides is 2. The summed E-state index contributed by atoms with van der Waals surface area (Å²) in [5, 5.41) is 8.54. The molecular weight excluding hydrogens is 338 g/mol. The molecule has 4 N–H and O–H groups in total. The summed E-state index contributed by atoms with van der Waals surface area (Å²) in [5.74, 6) is -0.601. The maximum Gasteiger partial charge on any atom is 0.283 e. The number of sulfonamides is 1. The fraction of sp³-hybridized carbons (Fsp3) is 0.429. The standard InChI is InChI=1S/C14H21N3O4S2/c1-3-4-9-16-14(19)22-12-8-6-5-7-11(12)13(18)17-10(2)23(15,20)21/h5-8,10H,3-4,9H2,1-2H3,(H,16,19)(H,17,18)(H2,15,20,21). The van der Waals surface area contributed by atoms with Crippen molar-refractivity contribution in [1.29, 1.82) is 0 Å². The molecule has 0 aliphatic rings. The van der Waals surface area contributed by atoms with E-state index in [1.165, 1.54) is 13.0 Å². The molecule has 1 unspecified atom stereocenters. The van der Waals surface area contributed by atoms with Gasteiger partial charge in [-0.25, -0.2) is 13.6 Å². The highest BCUT2D eigenvalue weighted by Crippen LogP contribution is 2.23. The molecule has 0 saturated carbocycles. The van der Waals surface area contributed by atoms with E-state index in [9.17, 15) is 18.0 Å². The number of carbonyl (C=O) groups is 2. The lowest BCUT2D eigenvalue weighted by molar-refractivity contribution is 0.0947. The second kappa shape index (κ2) is 8.90. The third-order valence-corrected chi connectivity index (χ3v) is 4.97. The Morgan fingerprint density at radius 2 is 1.96 bits per heavy atom. The number of benzene rings is 1. The van der Waals surface area contributed by atoms with Gasteiger partial charge in [0.25, 0.3) is 11.1 Å². The summed E-state index contributed by atoms with van der Waals surface area (Å²) in [4.78, 5) is 24.5. The van der Waals surface area contributed by atoms with E-state index in [4.69, 9.17) is 5.14 Å². The predicted molar refractivity (Wildman–Crippen MR) is 90.6 cm³/mol. The number of rotatable bonds is 7. The largest absolute Gasteiger partial charge is 0.347 e. The minimum absolute atomic E-state index is 0.221. The van der Waals surface area contributed by atoms with Gasteiger partial charge >= 0.3 is 0 Å². The average Bonchev–Trinajstić information content (AvgIpc) is 2.47. The Hall–Kier alpha value is -1.58. The van der Waals surface area contributed by atoms with Crippen LogP contribution in [0.2, 0.25) is 0 Å². The number of hydrogen-bond donors (Lipinski definition) is 3. The van der Waals surface area contributed by atoms with Crippen molar-refractivity contribution in [1.82, 2.24) is 10.6 Å². The molecule has 0 fully saturated rings. The second-order valence-electron chi connectivity index (χ2n) is 4.87. The molecule has 1 aromatic rings. The maximum atomic E-state index is 12.2. The minimum atomic E-state index is -3.87. The van der Waals surface area contributed by atoms with Crippen molar-refractivity contribution in [2.45, 2.75) is 37.0 Å². The maximum absolute atomic E-state index is 12.2. The molecule has 0 aliphatic carbocycles. The molecule has 0 spiro atoms. The highest BCUT2D eigenvalue weighted by molar-refractivity contribution is 8.13. The first kappa shape index (κ1) is 19.5. The van der Waals surface area contributed by atoms with Gasteiger partial charge in [-0.3, -0.25) is 9.59 Å². The number of primary sulfonamides is 1. The summed E-state index contributed by atoms with van der Waals surface area (Å²) < 4.78 is 22.4. The highest BCUT2D eigenvalue weighted by Gasteiger charge is 2.21. The predicted octanol–water partition coefficient (Wildman–Crippen LogP) is 1.65. The molecule has 1 rings (SSSR count). The number of carbonyl (C=O) groups excluding carboxylic acids is 2. The number of thioether (sulfide) groups is 1. The highest BCUT2D eigenvalue weighted by atomic mass is 32.2. The lowest BCUT2D eigenvalue weighted by atomic mass is 10.2. The smallest absolute Gasteiger partial charge is 0.283 e. The van der Waals surface area contributed by atoms with Crippen LogP contribution in [0, 0.1) is 0 Å². The van der Waals surface area contributed by atoms with Gasteiger partial charge in [-0.05, 0) is 37.2 Å². The number of unbranched alkanes of at least 4 members (excludes halogenated alkanes) is 1. The van der Waals surface area contributed by atoms with Gasteiger partial charge in [-0.1, -0.05) is 25.5 Å². The summed E-state index contributed by atoms with van der Waals surface area (Å²) in [7, 11) is -3.87. The second-order valence-corrected chi connectivity index (χ2v) is 7.77. The van der Waals surface area contributed by atoms with Gasteiger partial charge in [-0.15, -0.1) is 0 Å². The molecule has 0 aromatic heterocycles. The fourth-order valence-corrected chi connectivity index (χ4v) is 2.65. The van der Waals surface area contributed by atoms with Crippen LogP contribution < -0.4 is 15.8 Å². The normalized spacial score (nSPS) is 12.5. The number of nitrogens with one attached hydrogen (secondary N) is 2. The van der Waals surface area contributed by atoms with Crippen molar-refractivity contribution < 1.29 is 18.0 Å². The molecule has 1 atom stereocenters. The average molecular weight is 359 g/mol. The van der Waals surface area contributed by atoms with Gasteiger partial charge in [-0.2, -0.15) is 0 Å². The van der Waals surface area contributed by atoms with E-state index < -0.39 is 21.3 Å². The van der Waals surface area contributed by atoms with Crippen LogP contribution in [0.25, 0.3) is 0 Å². The third kappa shape index (κ3) is 6.59. The van der Waals surface area contributed by atoms with Crippen molar-refractivity contribution in [3.63, 3.8) is 0 Å². The minimum Gasteiger partial charge on any atom is -0.347 e. The van der Waals surface area contributed by atoms with Crippen LogP contribution in [0.15, 0.2) is 29.2 Å². The van der Waals surface area contributed by atoms with Crippen molar-refractivity contribution in [3.8, 4) is 0 Å². The Bertz CT molecular complexity index is 662. The monoisotopic (exact) mass is 359 g/mol. The Labute approximate surface area is 140 Å². The summed E-state index contributed by atoms with van der Waals surface area (Å²) in [5.41, 5.74) is 0.221. The molecule has 1 aromatic carbocycles. The molecule has 7 nitrogen and oxygen atoms in total. The molecule has 0 radical (unpaired) electrons. The van der Waals surface area contributed by atoms with E-state index in [1.54, 1.807) is 18.2 Å². The van der Waals surface area contributed by atoms with E-state index in [0.29, 0.717) is 11.4 Å². The van der Waals surface area contributed by atoms with Crippen molar-refractivity contribution in [2.24, 2.45) is 5.14 Å². The van der Waals surface area contributed by atoms with E-state index in [0.717, 1.165) is 24.6 Å². The summed E-state index contributed by atoms with van der Waals surface area (Å²) in [6, 6.07) is 6.48. The van der Waals surface area contributed by atoms with Crippen molar-refractivity contribution >= 4 is 32.9 Å². The quantitative estimate of drug-likeness (QED) is 0.505. The molecule has 9 heteroatoms. The SMILES string of the molecule is CCCCNC(=O)Sc1ccccc1C(=O)NC(C)S(N)(=O)=O. The van der Waals surface area contributed by atoms with Gasteiger partial charge in [0, 0.05) is 11.4 Å². The lowest BCUT2D eigenvalue weighted by Gasteiger charge is -2.13. The zero-order valence-electron chi connectivity index (χ0n) is 13.0. The first-order valence-corrected chi connectivity index (χ1v) is 9.55. The van der Waals surface area contributed by atoms with Gasteiger partial charge < -0.3 is 10.6 Å².